The number of amides is 1. The molecule has 5 rings (SSSR count). The van der Waals surface area contributed by atoms with Crippen molar-refractivity contribution in [1.29, 1.82) is 0 Å². The summed E-state index contributed by atoms with van der Waals surface area (Å²) in [6.45, 7) is 2.27. The average molecular weight is 497 g/mol. The highest BCUT2D eigenvalue weighted by molar-refractivity contribution is 6.46. The Hall–Kier alpha value is -4.52. The standard InChI is InChI=1S/C30H28N2O5/c1-18-7-9-19(10-8-18)27-26(28(33)20-5-4-6-22(15-20)36-2)29(34)30(35)32(27)14-13-21-17-31-25-12-11-23(37-3)16-24(21)25/h4-12,15-17,27,31,33H,13-14H2,1-3H3/t27-/m1/s1. The minimum Gasteiger partial charge on any atom is -0.507 e. The van der Waals surface area contributed by atoms with Gasteiger partial charge >= 0.3 is 0 Å². The van der Waals surface area contributed by atoms with Gasteiger partial charge in [-0.1, -0.05) is 42.0 Å². The van der Waals surface area contributed by atoms with Crippen molar-refractivity contribution in [2.45, 2.75) is 19.4 Å². The fourth-order valence-corrected chi connectivity index (χ4v) is 4.86. The molecule has 0 radical (unpaired) electrons. The Morgan fingerprint density at radius 2 is 1.70 bits per heavy atom. The average Bonchev–Trinajstić information content (AvgIpc) is 3.44. The molecule has 2 N–H and O–H groups in total. The lowest BCUT2D eigenvalue weighted by molar-refractivity contribution is -0.139. The van der Waals surface area contributed by atoms with Gasteiger partial charge in [-0.05, 0) is 54.8 Å². The second-order valence-corrected chi connectivity index (χ2v) is 9.11. The number of carbonyl (C=O) groups is 2. The molecule has 188 valence electrons. The van der Waals surface area contributed by atoms with Gasteiger partial charge in [0.2, 0.25) is 0 Å². The third-order valence-electron chi connectivity index (χ3n) is 6.87. The van der Waals surface area contributed by atoms with E-state index in [0.717, 1.165) is 33.3 Å². The molecule has 3 aromatic carbocycles. The summed E-state index contributed by atoms with van der Waals surface area (Å²) in [6.07, 6.45) is 2.43. The Morgan fingerprint density at radius 3 is 2.43 bits per heavy atom. The lowest BCUT2D eigenvalue weighted by Crippen LogP contribution is -2.31. The molecule has 4 aromatic rings. The van der Waals surface area contributed by atoms with E-state index >= 15 is 0 Å². The first kappa shape index (κ1) is 24.2. The Kier molecular flexibility index (Phi) is 6.44. The molecule has 0 spiro atoms. The van der Waals surface area contributed by atoms with Crippen LogP contribution in [0.1, 0.15) is 28.3 Å². The summed E-state index contributed by atoms with van der Waals surface area (Å²) < 4.78 is 10.7. The van der Waals surface area contributed by atoms with Gasteiger partial charge in [-0.25, -0.2) is 0 Å². The van der Waals surface area contributed by atoms with Gasteiger partial charge in [0.15, 0.2) is 0 Å². The van der Waals surface area contributed by atoms with Crippen LogP contribution in [-0.4, -0.2) is 47.4 Å². The second-order valence-electron chi connectivity index (χ2n) is 9.11. The number of carbonyl (C=O) groups excluding carboxylic acids is 2. The predicted molar refractivity (Wildman–Crippen MR) is 142 cm³/mol. The van der Waals surface area contributed by atoms with Crippen molar-refractivity contribution >= 4 is 28.4 Å². The fourth-order valence-electron chi connectivity index (χ4n) is 4.86. The van der Waals surface area contributed by atoms with E-state index in [4.69, 9.17) is 9.47 Å². The van der Waals surface area contributed by atoms with Gasteiger partial charge in [0, 0.05) is 29.2 Å². The van der Waals surface area contributed by atoms with Crippen molar-refractivity contribution < 1.29 is 24.2 Å². The molecule has 1 fully saturated rings. The summed E-state index contributed by atoms with van der Waals surface area (Å²) in [5, 5.41) is 12.3. The number of benzene rings is 3. The monoisotopic (exact) mass is 496 g/mol. The minimum atomic E-state index is -0.716. The van der Waals surface area contributed by atoms with Gasteiger partial charge < -0.3 is 24.5 Å². The van der Waals surface area contributed by atoms with Gasteiger partial charge in [-0.15, -0.1) is 0 Å². The van der Waals surface area contributed by atoms with Crippen LogP contribution < -0.4 is 9.47 Å². The molecule has 1 aliphatic heterocycles. The van der Waals surface area contributed by atoms with Crippen molar-refractivity contribution in [3.8, 4) is 11.5 Å². The molecule has 2 heterocycles. The number of ketones is 1. The number of Topliss-reactive ketones (excluding diaryl/α,β-unsaturated/α-hetero) is 1. The maximum atomic E-state index is 13.3. The third kappa shape index (κ3) is 4.44. The fraction of sp³-hybridized carbons (Fsp3) is 0.200. The number of fused-ring (bicyclic) bond motifs is 1. The molecule has 0 aliphatic carbocycles. The molecule has 7 nitrogen and oxygen atoms in total. The highest BCUT2D eigenvalue weighted by Crippen LogP contribution is 2.40. The van der Waals surface area contributed by atoms with Crippen LogP contribution in [0, 0.1) is 6.92 Å². The minimum absolute atomic E-state index is 0.0719. The largest absolute Gasteiger partial charge is 0.507 e. The quantitative estimate of drug-likeness (QED) is 0.210. The molecule has 0 bridgehead atoms. The maximum absolute atomic E-state index is 13.3. The zero-order valence-electron chi connectivity index (χ0n) is 20.9. The van der Waals surface area contributed by atoms with Crippen LogP contribution in [0.5, 0.6) is 11.5 Å². The van der Waals surface area contributed by atoms with Gasteiger partial charge in [0.05, 0.1) is 25.8 Å². The molecular weight excluding hydrogens is 468 g/mol. The van der Waals surface area contributed by atoms with E-state index in [1.165, 1.54) is 7.11 Å². The second kappa shape index (κ2) is 9.85. The van der Waals surface area contributed by atoms with Crippen LogP contribution in [-0.2, 0) is 16.0 Å². The Morgan fingerprint density at radius 1 is 0.973 bits per heavy atom. The number of hydrogen-bond donors (Lipinski definition) is 2. The van der Waals surface area contributed by atoms with Gasteiger partial charge in [0.25, 0.3) is 11.7 Å². The van der Waals surface area contributed by atoms with Crippen molar-refractivity contribution in [2.24, 2.45) is 0 Å². The summed E-state index contributed by atoms with van der Waals surface area (Å²) in [5.74, 6) is -0.271. The number of H-pyrrole nitrogens is 1. The van der Waals surface area contributed by atoms with Crippen LogP contribution >= 0.6 is 0 Å². The van der Waals surface area contributed by atoms with Crippen LogP contribution in [0.25, 0.3) is 16.7 Å². The Balaban J connectivity index is 1.56. The number of nitrogens with one attached hydrogen (secondary N) is 1. The summed E-state index contributed by atoms with van der Waals surface area (Å²) >= 11 is 0. The number of nitrogens with zero attached hydrogens (tertiary/aromatic N) is 1. The molecule has 1 atom stereocenters. The van der Waals surface area contributed by atoms with Gasteiger partial charge in [0.1, 0.15) is 17.3 Å². The number of aromatic amines is 1. The van der Waals surface area contributed by atoms with E-state index in [1.807, 2.05) is 55.6 Å². The van der Waals surface area contributed by atoms with Gasteiger partial charge in [-0.2, -0.15) is 0 Å². The van der Waals surface area contributed by atoms with Crippen molar-refractivity contribution in [2.75, 3.05) is 20.8 Å². The molecular formula is C30H28N2O5. The Bertz CT molecular complexity index is 1520. The summed E-state index contributed by atoms with van der Waals surface area (Å²) in [4.78, 5) is 31.5. The number of hydrogen-bond acceptors (Lipinski definition) is 5. The number of aryl methyl sites for hydroxylation is 1. The van der Waals surface area contributed by atoms with Crippen LogP contribution in [0.2, 0.25) is 0 Å². The summed E-state index contributed by atoms with van der Waals surface area (Å²) in [5.41, 5.74) is 4.27. The van der Waals surface area contributed by atoms with Crippen molar-refractivity contribution in [3.05, 3.63) is 101 Å². The highest BCUT2D eigenvalue weighted by atomic mass is 16.5. The van der Waals surface area contributed by atoms with Gasteiger partial charge in [-0.3, -0.25) is 9.59 Å². The first-order valence-electron chi connectivity index (χ1n) is 12.0. The van der Waals surface area contributed by atoms with E-state index in [1.54, 1.807) is 36.3 Å². The highest BCUT2D eigenvalue weighted by Gasteiger charge is 2.45. The predicted octanol–water partition coefficient (Wildman–Crippen LogP) is 5.16. The zero-order valence-corrected chi connectivity index (χ0v) is 20.9. The smallest absolute Gasteiger partial charge is 0.295 e. The molecule has 0 unspecified atom stereocenters. The first-order chi connectivity index (χ1) is 17.9. The lowest BCUT2D eigenvalue weighted by atomic mass is 9.94. The number of aliphatic hydroxyl groups excluding tert-OH is 1. The molecule has 1 saturated heterocycles. The molecule has 0 saturated carbocycles. The van der Waals surface area contributed by atoms with Crippen LogP contribution in [0.3, 0.4) is 0 Å². The third-order valence-corrected chi connectivity index (χ3v) is 6.87. The van der Waals surface area contributed by atoms with Crippen molar-refractivity contribution in [3.63, 3.8) is 0 Å². The molecule has 1 amide bonds. The molecule has 1 aromatic heterocycles. The van der Waals surface area contributed by atoms with E-state index in [-0.39, 0.29) is 11.3 Å². The number of likely N-dealkylation sites (tertiary alicyclic amines) is 1. The maximum Gasteiger partial charge on any atom is 0.295 e. The van der Waals surface area contributed by atoms with E-state index < -0.39 is 17.7 Å². The van der Waals surface area contributed by atoms with E-state index in [0.29, 0.717) is 24.3 Å². The summed E-state index contributed by atoms with van der Waals surface area (Å²) in [7, 11) is 3.15. The van der Waals surface area contributed by atoms with E-state index in [9.17, 15) is 14.7 Å². The number of rotatable bonds is 7. The number of aromatic nitrogens is 1. The van der Waals surface area contributed by atoms with Crippen molar-refractivity contribution in [1.82, 2.24) is 9.88 Å². The summed E-state index contributed by atoms with van der Waals surface area (Å²) in [6, 6.07) is 19.6. The zero-order chi connectivity index (χ0) is 26.1. The van der Waals surface area contributed by atoms with Crippen LogP contribution in [0.4, 0.5) is 0 Å². The normalized spacial score (nSPS) is 16.9. The Labute approximate surface area is 214 Å². The lowest BCUT2D eigenvalue weighted by Gasteiger charge is -2.25. The van der Waals surface area contributed by atoms with E-state index in [2.05, 4.69) is 4.98 Å². The molecule has 1 aliphatic rings. The molecule has 37 heavy (non-hydrogen) atoms. The number of methoxy groups -OCH3 is 2. The number of aliphatic hydroxyl groups is 1. The number of ether oxygens (including phenoxy) is 2. The topological polar surface area (TPSA) is 91.9 Å². The van der Waals surface area contributed by atoms with Crippen LogP contribution in [0.15, 0.2) is 78.5 Å². The first-order valence-corrected chi connectivity index (χ1v) is 12.0. The molecule has 7 heteroatoms. The SMILES string of the molecule is COc1cccc(C(O)=C2C(=O)C(=O)N(CCc3c[nH]c4ccc(OC)cc34)[C@@H]2c2ccc(C)cc2)c1.